The summed E-state index contributed by atoms with van der Waals surface area (Å²) in [4.78, 5) is 19.1. The largest absolute Gasteiger partial charge is 0.321 e. The van der Waals surface area contributed by atoms with E-state index in [1.165, 1.54) is 19.3 Å². The Labute approximate surface area is 147 Å². The Hall–Kier alpha value is -1.00. The number of benzene rings is 1. The SMILES string of the molecule is CCN(C1=NC(=O)C2CCCCCCC2S1)c1ccc(Cl)cc1. The van der Waals surface area contributed by atoms with Crippen molar-refractivity contribution in [1.82, 2.24) is 0 Å². The predicted molar refractivity (Wildman–Crippen MR) is 99.5 cm³/mol. The van der Waals surface area contributed by atoms with Gasteiger partial charge in [0, 0.05) is 22.5 Å². The van der Waals surface area contributed by atoms with Crippen LogP contribution in [0.2, 0.25) is 5.02 Å². The lowest BCUT2D eigenvalue weighted by molar-refractivity contribution is -0.122. The molecule has 0 radical (unpaired) electrons. The molecule has 0 N–H and O–H groups in total. The van der Waals surface area contributed by atoms with Crippen molar-refractivity contribution >= 4 is 40.1 Å². The molecule has 2 atom stereocenters. The van der Waals surface area contributed by atoms with Gasteiger partial charge in [-0.3, -0.25) is 4.79 Å². The molecule has 1 aliphatic heterocycles. The van der Waals surface area contributed by atoms with Gasteiger partial charge in [-0.15, -0.1) is 0 Å². The Kier molecular flexibility index (Phi) is 5.65. The fraction of sp³-hybridized carbons (Fsp3) is 0.556. The van der Waals surface area contributed by atoms with Crippen LogP contribution in [0.4, 0.5) is 5.69 Å². The smallest absolute Gasteiger partial charge is 0.252 e. The molecule has 1 aliphatic carbocycles. The van der Waals surface area contributed by atoms with E-state index in [1.54, 1.807) is 11.8 Å². The molecule has 124 valence electrons. The summed E-state index contributed by atoms with van der Waals surface area (Å²) >= 11 is 7.78. The van der Waals surface area contributed by atoms with Gasteiger partial charge >= 0.3 is 0 Å². The molecule has 2 unspecified atom stereocenters. The summed E-state index contributed by atoms with van der Waals surface area (Å²) in [5.74, 6) is 0.200. The van der Waals surface area contributed by atoms with Gasteiger partial charge < -0.3 is 4.90 Å². The van der Waals surface area contributed by atoms with Crippen molar-refractivity contribution < 1.29 is 4.79 Å². The Bertz CT molecular complexity index is 587. The van der Waals surface area contributed by atoms with Crippen molar-refractivity contribution in [3.05, 3.63) is 29.3 Å². The average Bonchev–Trinajstić information content (AvgIpc) is 2.51. The third-order valence-corrected chi connectivity index (χ3v) is 6.31. The number of rotatable bonds is 2. The van der Waals surface area contributed by atoms with Crippen molar-refractivity contribution in [1.29, 1.82) is 0 Å². The Balaban J connectivity index is 1.84. The highest BCUT2D eigenvalue weighted by Gasteiger charge is 2.36. The highest BCUT2D eigenvalue weighted by molar-refractivity contribution is 8.14. The molecule has 0 aromatic heterocycles. The van der Waals surface area contributed by atoms with E-state index in [1.807, 2.05) is 24.3 Å². The molecule has 1 aromatic carbocycles. The van der Waals surface area contributed by atoms with Gasteiger partial charge in [-0.1, -0.05) is 49.0 Å². The zero-order chi connectivity index (χ0) is 16.2. The molecule has 0 saturated heterocycles. The van der Waals surface area contributed by atoms with Crippen LogP contribution in [0.15, 0.2) is 29.3 Å². The number of halogens is 1. The van der Waals surface area contributed by atoms with Gasteiger partial charge in [0.1, 0.15) is 0 Å². The molecule has 1 saturated carbocycles. The number of hydrogen-bond donors (Lipinski definition) is 0. The molecule has 3 nitrogen and oxygen atoms in total. The second-order valence-corrected chi connectivity index (χ2v) is 7.85. The van der Waals surface area contributed by atoms with Crippen molar-refractivity contribution in [2.75, 3.05) is 11.4 Å². The minimum Gasteiger partial charge on any atom is -0.321 e. The van der Waals surface area contributed by atoms with Gasteiger partial charge in [0.15, 0.2) is 5.17 Å². The number of anilines is 1. The summed E-state index contributed by atoms with van der Waals surface area (Å²) in [6.45, 7) is 2.88. The molecular formula is C18H23ClN2OS. The minimum absolute atomic E-state index is 0.0815. The fourth-order valence-corrected chi connectivity index (χ4v) is 4.99. The topological polar surface area (TPSA) is 32.7 Å². The zero-order valence-electron chi connectivity index (χ0n) is 13.5. The first kappa shape index (κ1) is 16.8. The molecule has 1 aromatic rings. The standard InChI is InChI=1S/C18H23ClN2OS/c1-2-21(14-11-9-13(19)10-12-14)18-20-17(22)15-7-5-3-4-6-8-16(15)23-18/h9-12,15-16H,2-8H2,1H3. The summed E-state index contributed by atoms with van der Waals surface area (Å²) < 4.78 is 0. The maximum absolute atomic E-state index is 12.6. The molecule has 23 heavy (non-hydrogen) atoms. The van der Waals surface area contributed by atoms with Crippen LogP contribution < -0.4 is 4.90 Å². The lowest BCUT2D eigenvalue weighted by Crippen LogP contribution is -2.39. The first-order valence-corrected chi connectivity index (χ1v) is 9.77. The number of carbonyl (C=O) groups is 1. The summed E-state index contributed by atoms with van der Waals surface area (Å²) in [5, 5.41) is 1.96. The molecule has 3 rings (SSSR count). The van der Waals surface area contributed by atoms with Crippen LogP contribution >= 0.6 is 23.4 Å². The van der Waals surface area contributed by atoms with Crippen molar-refractivity contribution in [3.8, 4) is 0 Å². The number of aliphatic imine (C=N–C) groups is 1. The molecule has 5 heteroatoms. The van der Waals surface area contributed by atoms with Crippen LogP contribution in [0.3, 0.4) is 0 Å². The van der Waals surface area contributed by atoms with Crippen LogP contribution in [-0.2, 0) is 4.79 Å². The fourth-order valence-electron chi connectivity index (χ4n) is 3.39. The Morgan fingerprint density at radius 1 is 1.17 bits per heavy atom. The molecule has 0 spiro atoms. The molecule has 1 amide bonds. The number of carbonyl (C=O) groups excluding carboxylic acids is 1. The number of fused-ring (bicyclic) bond motifs is 1. The van der Waals surface area contributed by atoms with E-state index in [4.69, 9.17) is 11.6 Å². The van der Waals surface area contributed by atoms with Gasteiger partial charge in [-0.25, -0.2) is 0 Å². The van der Waals surface area contributed by atoms with Crippen LogP contribution in [0.25, 0.3) is 0 Å². The van der Waals surface area contributed by atoms with Crippen molar-refractivity contribution in [3.63, 3.8) is 0 Å². The third kappa shape index (κ3) is 3.92. The van der Waals surface area contributed by atoms with Crippen molar-refractivity contribution in [2.45, 2.75) is 50.7 Å². The average molecular weight is 351 g/mol. The van der Waals surface area contributed by atoms with E-state index in [-0.39, 0.29) is 11.8 Å². The molecule has 1 fully saturated rings. The van der Waals surface area contributed by atoms with Crippen molar-refractivity contribution in [2.24, 2.45) is 10.9 Å². The van der Waals surface area contributed by atoms with E-state index in [0.717, 1.165) is 41.7 Å². The second kappa shape index (κ2) is 7.71. The number of hydrogen-bond acceptors (Lipinski definition) is 3. The van der Waals surface area contributed by atoms with E-state index >= 15 is 0 Å². The van der Waals surface area contributed by atoms with E-state index in [0.29, 0.717) is 5.25 Å². The highest BCUT2D eigenvalue weighted by Crippen LogP contribution is 2.38. The molecule has 1 heterocycles. The van der Waals surface area contributed by atoms with Gasteiger partial charge in [0.05, 0.1) is 5.92 Å². The number of thioether (sulfide) groups is 1. The normalized spacial score (nSPS) is 25.1. The van der Waals surface area contributed by atoms with E-state index in [2.05, 4.69) is 16.8 Å². The quantitative estimate of drug-likeness (QED) is 0.740. The lowest BCUT2D eigenvalue weighted by Gasteiger charge is -2.34. The zero-order valence-corrected chi connectivity index (χ0v) is 15.1. The monoisotopic (exact) mass is 350 g/mol. The number of nitrogens with zero attached hydrogens (tertiary/aromatic N) is 2. The van der Waals surface area contributed by atoms with Crippen LogP contribution in [0.5, 0.6) is 0 Å². The highest BCUT2D eigenvalue weighted by atomic mass is 35.5. The summed E-state index contributed by atoms with van der Waals surface area (Å²) in [6.07, 6.45) is 7.05. The maximum atomic E-state index is 12.6. The van der Waals surface area contributed by atoms with Crippen LogP contribution in [0, 0.1) is 5.92 Å². The molecular weight excluding hydrogens is 328 g/mol. The third-order valence-electron chi connectivity index (χ3n) is 4.67. The second-order valence-electron chi connectivity index (χ2n) is 6.21. The Morgan fingerprint density at radius 2 is 1.87 bits per heavy atom. The van der Waals surface area contributed by atoms with E-state index in [9.17, 15) is 4.79 Å². The summed E-state index contributed by atoms with van der Waals surface area (Å²) in [6, 6.07) is 7.75. The lowest BCUT2D eigenvalue weighted by atomic mass is 9.90. The first-order chi connectivity index (χ1) is 11.2. The predicted octanol–water partition coefficient (Wildman–Crippen LogP) is 5.13. The van der Waals surface area contributed by atoms with E-state index < -0.39 is 0 Å². The number of amides is 1. The van der Waals surface area contributed by atoms with Gasteiger partial charge in [0.2, 0.25) is 0 Å². The van der Waals surface area contributed by atoms with Crippen LogP contribution in [0.1, 0.15) is 45.4 Å². The summed E-state index contributed by atoms with van der Waals surface area (Å²) in [5.41, 5.74) is 1.04. The van der Waals surface area contributed by atoms with Gasteiger partial charge in [-0.2, -0.15) is 4.99 Å². The first-order valence-electron chi connectivity index (χ1n) is 8.51. The Morgan fingerprint density at radius 3 is 2.57 bits per heavy atom. The van der Waals surface area contributed by atoms with Gasteiger partial charge in [0.25, 0.3) is 5.91 Å². The maximum Gasteiger partial charge on any atom is 0.252 e. The molecule has 0 bridgehead atoms. The van der Waals surface area contributed by atoms with Gasteiger partial charge in [-0.05, 0) is 44.0 Å². The van der Waals surface area contributed by atoms with Crippen LogP contribution in [-0.4, -0.2) is 22.9 Å². The summed E-state index contributed by atoms with van der Waals surface area (Å²) in [7, 11) is 0. The minimum atomic E-state index is 0.0815. The number of amidine groups is 1. The molecule has 2 aliphatic rings.